The van der Waals surface area contributed by atoms with Crippen LogP contribution in [0.4, 0.5) is 0 Å². The first-order chi connectivity index (χ1) is 6.01. The third kappa shape index (κ3) is 3.47. The SMILES string of the molecule is CC1CC(C)(C)CCCC=NC1N. The Morgan fingerprint density at radius 2 is 2.15 bits per heavy atom. The predicted octanol–water partition coefficient (Wildman–Crippen LogP) is 2.58. The van der Waals surface area contributed by atoms with Crippen LogP contribution < -0.4 is 5.73 Å². The molecule has 2 nitrogen and oxygen atoms in total. The normalized spacial score (nSPS) is 34.8. The van der Waals surface area contributed by atoms with Gasteiger partial charge in [-0.25, -0.2) is 0 Å². The molecule has 2 unspecified atom stereocenters. The molecule has 0 aromatic carbocycles. The van der Waals surface area contributed by atoms with E-state index in [1.165, 1.54) is 19.3 Å². The maximum Gasteiger partial charge on any atom is 0.0991 e. The lowest BCUT2D eigenvalue weighted by atomic mass is 9.79. The highest BCUT2D eigenvalue weighted by molar-refractivity contribution is 5.57. The molecular weight excluding hydrogens is 160 g/mol. The highest BCUT2D eigenvalue weighted by Crippen LogP contribution is 2.32. The van der Waals surface area contributed by atoms with Crippen LogP contribution in [0.2, 0.25) is 0 Å². The second-order valence-corrected chi connectivity index (χ2v) is 5.06. The smallest absolute Gasteiger partial charge is 0.0991 e. The van der Waals surface area contributed by atoms with Crippen LogP contribution in [0, 0.1) is 11.3 Å². The number of hydrogen-bond donors (Lipinski definition) is 1. The largest absolute Gasteiger partial charge is 0.310 e. The molecule has 0 aliphatic carbocycles. The van der Waals surface area contributed by atoms with Crippen molar-refractivity contribution in [3.63, 3.8) is 0 Å². The van der Waals surface area contributed by atoms with Gasteiger partial charge in [-0.3, -0.25) is 4.99 Å². The Morgan fingerprint density at radius 1 is 1.46 bits per heavy atom. The minimum Gasteiger partial charge on any atom is -0.310 e. The van der Waals surface area contributed by atoms with E-state index in [1.807, 2.05) is 6.21 Å². The summed E-state index contributed by atoms with van der Waals surface area (Å²) >= 11 is 0. The van der Waals surface area contributed by atoms with E-state index in [-0.39, 0.29) is 6.17 Å². The molecule has 0 bridgehead atoms. The summed E-state index contributed by atoms with van der Waals surface area (Å²) in [6.45, 7) is 6.87. The Bertz CT molecular complexity index is 185. The first kappa shape index (κ1) is 10.7. The molecule has 0 fully saturated rings. The minimum absolute atomic E-state index is 0.0115. The summed E-state index contributed by atoms with van der Waals surface area (Å²) in [5, 5.41) is 0. The molecule has 2 heteroatoms. The fraction of sp³-hybridized carbons (Fsp3) is 0.909. The van der Waals surface area contributed by atoms with Crippen molar-refractivity contribution in [3.8, 4) is 0 Å². The number of hydrogen-bond acceptors (Lipinski definition) is 2. The average Bonchev–Trinajstić information content (AvgIpc) is 2.05. The first-order valence-electron chi connectivity index (χ1n) is 5.28. The first-order valence-corrected chi connectivity index (χ1v) is 5.28. The zero-order chi connectivity index (χ0) is 9.90. The Balaban J connectivity index is 2.64. The Morgan fingerprint density at radius 3 is 2.85 bits per heavy atom. The van der Waals surface area contributed by atoms with Gasteiger partial charge < -0.3 is 5.73 Å². The van der Waals surface area contributed by atoms with Gasteiger partial charge in [0.25, 0.3) is 0 Å². The molecule has 0 spiro atoms. The van der Waals surface area contributed by atoms with Gasteiger partial charge in [0.1, 0.15) is 0 Å². The molecule has 0 aromatic heterocycles. The molecule has 1 aliphatic heterocycles. The monoisotopic (exact) mass is 182 g/mol. The maximum atomic E-state index is 5.94. The van der Waals surface area contributed by atoms with Crippen molar-refractivity contribution in [2.45, 2.75) is 52.6 Å². The zero-order valence-electron chi connectivity index (χ0n) is 9.09. The van der Waals surface area contributed by atoms with E-state index in [0.717, 1.165) is 6.42 Å². The Kier molecular flexibility index (Phi) is 3.48. The van der Waals surface area contributed by atoms with Crippen molar-refractivity contribution in [2.75, 3.05) is 0 Å². The van der Waals surface area contributed by atoms with Gasteiger partial charge in [-0.2, -0.15) is 0 Å². The fourth-order valence-electron chi connectivity index (χ4n) is 2.11. The lowest BCUT2D eigenvalue weighted by molar-refractivity contribution is 0.238. The molecule has 0 radical (unpaired) electrons. The van der Waals surface area contributed by atoms with Crippen molar-refractivity contribution in [3.05, 3.63) is 0 Å². The topological polar surface area (TPSA) is 38.4 Å². The van der Waals surface area contributed by atoms with Gasteiger partial charge >= 0.3 is 0 Å². The van der Waals surface area contributed by atoms with Crippen molar-refractivity contribution in [1.29, 1.82) is 0 Å². The van der Waals surface area contributed by atoms with Gasteiger partial charge in [0.15, 0.2) is 0 Å². The second kappa shape index (κ2) is 4.23. The highest BCUT2D eigenvalue weighted by atomic mass is 14.9. The van der Waals surface area contributed by atoms with E-state index in [0.29, 0.717) is 11.3 Å². The summed E-state index contributed by atoms with van der Waals surface area (Å²) in [5.74, 6) is 0.504. The standard InChI is InChI=1S/C11H22N2/c1-9-8-11(2,3)6-4-5-7-13-10(9)12/h7,9-10H,4-6,8,12H2,1-3H3. The van der Waals surface area contributed by atoms with Crippen molar-refractivity contribution >= 4 is 6.21 Å². The molecule has 76 valence electrons. The van der Waals surface area contributed by atoms with Crippen molar-refractivity contribution < 1.29 is 0 Å². The summed E-state index contributed by atoms with van der Waals surface area (Å²) in [6.07, 6.45) is 6.82. The Labute approximate surface area is 81.6 Å². The van der Waals surface area contributed by atoms with Crippen LogP contribution in [0.3, 0.4) is 0 Å². The molecule has 13 heavy (non-hydrogen) atoms. The van der Waals surface area contributed by atoms with Crippen LogP contribution in [0.15, 0.2) is 4.99 Å². The van der Waals surface area contributed by atoms with Gasteiger partial charge in [0.05, 0.1) is 6.17 Å². The van der Waals surface area contributed by atoms with E-state index >= 15 is 0 Å². The van der Waals surface area contributed by atoms with Gasteiger partial charge in [-0.15, -0.1) is 0 Å². The molecule has 1 heterocycles. The van der Waals surface area contributed by atoms with Gasteiger partial charge in [0.2, 0.25) is 0 Å². The lowest BCUT2D eigenvalue weighted by Crippen LogP contribution is -2.29. The zero-order valence-corrected chi connectivity index (χ0v) is 9.09. The minimum atomic E-state index is 0.0115. The van der Waals surface area contributed by atoms with Crippen molar-refractivity contribution in [1.82, 2.24) is 0 Å². The summed E-state index contributed by atoms with van der Waals surface area (Å²) in [6, 6.07) is 0. The summed E-state index contributed by atoms with van der Waals surface area (Å²) in [7, 11) is 0. The van der Waals surface area contributed by atoms with Crippen molar-refractivity contribution in [2.24, 2.45) is 22.1 Å². The van der Waals surface area contributed by atoms with Crippen LogP contribution in [0.1, 0.15) is 46.5 Å². The van der Waals surface area contributed by atoms with Crippen LogP contribution >= 0.6 is 0 Å². The molecule has 1 aliphatic rings. The molecule has 0 saturated heterocycles. The molecule has 0 amide bonds. The van der Waals surface area contributed by atoms with Gasteiger partial charge in [-0.1, -0.05) is 20.8 Å². The van der Waals surface area contributed by atoms with Gasteiger partial charge in [-0.05, 0) is 37.0 Å². The molecule has 2 N–H and O–H groups in total. The molecule has 2 atom stereocenters. The van der Waals surface area contributed by atoms with Crippen LogP contribution in [-0.4, -0.2) is 12.4 Å². The second-order valence-electron chi connectivity index (χ2n) is 5.06. The summed E-state index contributed by atoms with van der Waals surface area (Å²) in [5.41, 5.74) is 6.38. The third-order valence-corrected chi connectivity index (χ3v) is 2.92. The number of aliphatic imine (C=N–C) groups is 1. The quantitative estimate of drug-likeness (QED) is 0.614. The third-order valence-electron chi connectivity index (χ3n) is 2.92. The summed E-state index contributed by atoms with van der Waals surface area (Å²) in [4.78, 5) is 4.34. The van der Waals surface area contributed by atoms with Crippen LogP contribution in [0.5, 0.6) is 0 Å². The highest BCUT2D eigenvalue weighted by Gasteiger charge is 2.24. The van der Waals surface area contributed by atoms with E-state index < -0.39 is 0 Å². The van der Waals surface area contributed by atoms with E-state index in [4.69, 9.17) is 5.73 Å². The van der Waals surface area contributed by atoms with Gasteiger partial charge in [0, 0.05) is 6.21 Å². The number of rotatable bonds is 0. The molecule has 0 aromatic rings. The number of nitrogens with two attached hydrogens (primary N) is 1. The fourth-order valence-corrected chi connectivity index (χ4v) is 2.11. The average molecular weight is 182 g/mol. The van der Waals surface area contributed by atoms with E-state index in [9.17, 15) is 0 Å². The summed E-state index contributed by atoms with van der Waals surface area (Å²) < 4.78 is 0. The Hall–Kier alpha value is -0.370. The predicted molar refractivity (Wildman–Crippen MR) is 57.9 cm³/mol. The molecule has 0 saturated carbocycles. The maximum absolute atomic E-state index is 5.94. The van der Waals surface area contributed by atoms with E-state index in [2.05, 4.69) is 25.8 Å². The molecular formula is C11H22N2. The number of nitrogens with zero attached hydrogens (tertiary/aromatic N) is 1. The van der Waals surface area contributed by atoms with Crippen LogP contribution in [0.25, 0.3) is 0 Å². The molecule has 1 rings (SSSR count). The van der Waals surface area contributed by atoms with E-state index in [1.54, 1.807) is 0 Å². The van der Waals surface area contributed by atoms with Crippen LogP contribution in [-0.2, 0) is 0 Å². The lowest BCUT2D eigenvalue weighted by Gasteiger charge is -2.28.